The highest BCUT2D eigenvalue weighted by molar-refractivity contribution is 5.76. The molecule has 112 valence electrons. The van der Waals surface area contributed by atoms with Crippen molar-refractivity contribution in [3.05, 3.63) is 52.6 Å². The average molecular weight is 289 g/mol. The highest BCUT2D eigenvalue weighted by Crippen LogP contribution is 2.12. The normalized spacial score (nSPS) is 10.7. The van der Waals surface area contributed by atoms with Gasteiger partial charge in [-0.15, -0.1) is 0 Å². The molecule has 0 saturated carbocycles. The van der Waals surface area contributed by atoms with Gasteiger partial charge in [0.1, 0.15) is 5.82 Å². The first-order valence-corrected chi connectivity index (χ1v) is 6.98. The lowest BCUT2D eigenvalue weighted by molar-refractivity contribution is -0.121. The van der Waals surface area contributed by atoms with Gasteiger partial charge in [0.15, 0.2) is 0 Å². The number of carbonyl (C=O) groups is 1. The van der Waals surface area contributed by atoms with Crippen molar-refractivity contribution in [3.8, 4) is 0 Å². The van der Waals surface area contributed by atoms with E-state index in [1.54, 1.807) is 22.9 Å². The van der Waals surface area contributed by atoms with Crippen molar-refractivity contribution in [2.45, 2.75) is 33.2 Å². The third-order valence-electron chi connectivity index (χ3n) is 3.70. The molecule has 4 nitrogen and oxygen atoms in total. The third kappa shape index (κ3) is 3.68. The predicted molar refractivity (Wildman–Crippen MR) is 79.2 cm³/mol. The van der Waals surface area contributed by atoms with Crippen LogP contribution in [0.25, 0.3) is 0 Å². The summed E-state index contributed by atoms with van der Waals surface area (Å²) in [7, 11) is 1.88. The fourth-order valence-electron chi connectivity index (χ4n) is 2.30. The van der Waals surface area contributed by atoms with Crippen LogP contribution in [0.3, 0.4) is 0 Å². The summed E-state index contributed by atoms with van der Waals surface area (Å²) < 4.78 is 15.3. The molecule has 1 aromatic heterocycles. The molecule has 0 unspecified atom stereocenters. The Morgan fingerprint density at radius 1 is 1.33 bits per heavy atom. The molecule has 0 atom stereocenters. The molecule has 21 heavy (non-hydrogen) atoms. The van der Waals surface area contributed by atoms with Gasteiger partial charge in [-0.3, -0.25) is 9.48 Å². The molecule has 0 radical (unpaired) electrons. The molecule has 1 aromatic carbocycles. The van der Waals surface area contributed by atoms with Crippen LogP contribution in [0.4, 0.5) is 4.39 Å². The van der Waals surface area contributed by atoms with E-state index in [9.17, 15) is 9.18 Å². The molecule has 0 aliphatic carbocycles. The number of aryl methyl sites for hydroxylation is 3. The SMILES string of the molecule is Cc1nn(C)c(C)c1CNC(=O)CCc1ccccc1F. The molecule has 1 N–H and O–H groups in total. The molecule has 2 aromatic rings. The Kier molecular flexibility index (Phi) is 4.73. The van der Waals surface area contributed by atoms with Gasteiger partial charge in [0, 0.05) is 31.3 Å². The Morgan fingerprint density at radius 3 is 2.67 bits per heavy atom. The minimum atomic E-state index is -0.260. The zero-order chi connectivity index (χ0) is 15.4. The topological polar surface area (TPSA) is 46.9 Å². The molecule has 1 amide bonds. The lowest BCUT2D eigenvalue weighted by atomic mass is 10.1. The molecule has 5 heteroatoms. The molecule has 2 rings (SSSR count). The smallest absolute Gasteiger partial charge is 0.220 e. The fourth-order valence-corrected chi connectivity index (χ4v) is 2.30. The summed E-state index contributed by atoms with van der Waals surface area (Å²) in [5.74, 6) is -0.342. The Balaban J connectivity index is 1.87. The Labute approximate surface area is 124 Å². The van der Waals surface area contributed by atoms with Crippen LogP contribution in [0.1, 0.15) is 28.9 Å². The van der Waals surface area contributed by atoms with E-state index >= 15 is 0 Å². The summed E-state index contributed by atoms with van der Waals surface area (Å²) in [6.07, 6.45) is 0.683. The van der Waals surface area contributed by atoms with Crippen LogP contribution in [-0.2, 0) is 24.8 Å². The average Bonchev–Trinajstić information content (AvgIpc) is 2.69. The van der Waals surface area contributed by atoms with Crippen molar-refractivity contribution in [1.29, 1.82) is 0 Å². The molecule has 0 saturated heterocycles. The number of hydrogen-bond acceptors (Lipinski definition) is 2. The zero-order valence-corrected chi connectivity index (χ0v) is 12.6. The standard InChI is InChI=1S/C16H20FN3O/c1-11-14(12(2)20(3)19-11)10-18-16(21)9-8-13-6-4-5-7-15(13)17/h4-7H,8-10H2,1-3H3,(H,18,21). The molecular weight excluding hydrogens is 269 g/mol. The second kappa shape index (κ2) is 6.52. The number of hydrogen-bond donors (Lipinski definition) is 1. The van der Waals surface area contributed by atoms with Crippen LogP contribution in [0.5, 0.6) is 0 Å². The van der Waals surface area contributed by atoms with Crippen LogP contribution in [0, 0.1) is 19.7 Å². The van der Waals surface area contributed by atoms with Crippen molar-refractivity contribution in [3.63, 3.8) is 0 Å². The minimum Gasteiger partial charge on any atom is -0.352 e. The largest absolute Gasteiger partial charge is 0.352 e. The number of aromatic nitrogens is 2. The maximum absolute atomic E-state index is 13.5. The van der Waals surface area contributed by atoms with E-state index in [-0.39, 0.29) is 18.1 Å². The van der Waals surface area contributed by atoms with Gasteiger partial charge < -0.3 is 5.32 Å². The summed E-state index contributed by atoms with van der Waals surface area (Å²) in [5.41, 5.74) is 3.57. The van der Waals surface area contributed by atoms with Crippen LogP contribution in [-0.4, -0.2) is 15.7 Å². The molecule has 0 aliphatic heterocycles. The van der Waals surface area contributed by atoms with Gasteiger partial charge in [0.05, 0.1) is 5.69 Å². The van der Waals surface area contributed by atoms with E-state index < -0.39 is 0 Å². The lowest BCUT2D eigenvalue weighted by Crippen LogP contribution is -2.23. The van der Waals surface area contributed by atoms with E-state index in [0.29, 0.717) is 18.5 Å². The van der Waals surface area contributed by atoms with Gasteiger partial charge in [0.2, 0.25) is 5.91 Å². The molecule has 1 heterocycles. The van der Waals surface area contributed by atoms with Crippen molar-refractivity contribution in [2.75, 3.05) is 0 Å². The number of benzene rings is 1. The third-order valence-corrected chi connectivity index (χ3v) is 3.70. The summed E-state index contributed by atoms with van der Waals surface area (Å²) >= 11 is 0. The number of nitrogens with one attached hydrogen (secondary N) is 1. The van der Waals surface area contributed by atoms with Gasteiger partial charge in [-0.2, -0.15) is 5.10 Å². The van der Waals surface area contributed by atoms with E-state index in [1.807, 2.05) is 20.9 Å². The number of amides is 1. The van der Waals surface area contributed by atoms with Crippen LogP contribution >= 0.6 is 0 Å². The minimum absolute atomic E-state index is 0.0825. The molecular formula is C16H20FN3O. The van der Waals surface area contributed by atoms with Crippen molar-refractivity contribution in [1.82, 2.24) is 15.1 Å². The molecule has 0 fully saturated rings. The van der Waals surface area contributed by atoms with Crippen LogP contribution in [0.15, 0.2) is 24.3 Å². The van der Waals surface area contributed by atoms with Gasteiger partial charge in [-0.05, 0) is 31.9 Å². The first kappa shape index (κ1) is 15.2. The Morgan fingerprint density at radius 2 is 2.05 bits per heavy atom. The molecule has 0 bridgehead atoms. The summed E-state index contributed by atoms with van der Waals surface area (Å²) in [5, 5.41) is 7.18. The predicted octanol–water partition coefficient (Wildman–Crippen LogP) is 2.43. The van der Waals surface area contributed by atoms with E-state index in [1.165, 1.54) is 6.07 Å². The summed E-state index contributed by atoms with van der Waals surface area (Å²) in [6, 6.07) is 6.54. The van der Waals surface area contributed by atoms with Gasteiger partial charge in [-0.25, -0.2) is 4.39 Å². The molecule has 0 aliphatic rings. The summed E-state index contributed by atoms with van der Waals surface area (Å²) in [4.78, 5) is 11.9. The number of carbonyl (C=O) groups excluding carboxylic acids is 1. The van der Waals surface area contributed by atoms with E-state index in [4.69, 9.17) is 0 Å². The van der Waals surface area contributed by atoms with Crippen molar-refractivity contribution in [2.24, 2.45) is 7.05 Å². The highest BCUT2D eigenvalue weighted by Gasteiger charge is 2.11. The van der Waals surface area contributed by atoms with Crippen LogP contribution in [0.2, 0.25) is 0 Å². The Hall–Kier alpha value is -2.17. The van der Waals surface area contributed by atoms with Gasteiger partial charge in [-0.1, -0.05) is 18.2 Å². The number of halogens is 1. The quantitative estimate of drug-likeness (QED) is 0.919. The maximum atomic E-state index is 13.5. The lowest BCUT2D eigenvalue weighted by Gasteiger charge is -2.06. The second-order valence-electron chi connectivity index (χ2n) is 5.14. The van der Waals surface area contributed by atoms with Crippen molar-refractivity contribution >= 4 is 5.91 Å². The zero-order valence-electron chi connectivity index (χ0n) is 12.6. The molecule has 0 spiro atoms. The van der Waals surface area contributed by atoms with Crippen LogP contribution < -0.4 is 5.32 Å². The van der Waals surface area contributed by atoms with E-state index in [2.05, 4.69) is 10.4 Å². The first-order chi connectivity index (χ1) is 9.99. The fraction of sp³-hybridized carbons (Fsp3) is 0.375. The summed E-state index contributed by atoms with van der Waals surface area (Å²) in [6.45, 7) is 4.36. The first-order valence-electron chi connectivity index (χ1n) is 6.98. The van der Waals surface area contributed by atoms with Gasteiger partial charge in [0.25, 0.3) is 0 Å². The maximum Gasteiger partial charge on any atom is 0.220 e. The highest BCUT2D eigenvalue weighted by atomic mass is 19.1. The number of nitrogens with zero attached hydrogens (tertiary/aromatic N) is 2. The van der Waals surface area contributed by atoms with Gasteiger partial charge >= 0.3 is 0 Å². The second-order valence-corrected chi connectivity index (χ2v) is 5.14. The van der Waals surface area contributed by atoms with E-state index in [0.717, 1.165) is 17.0 Å². The monoisotopic (exact) mass is 289 g/mol. The Bertz CT molecular complexity index is 649. The van der Waals surface area contributed by atoms with Crippen molar-refractivity contribution < 1.29 is 9.18 Å². The number of rotatable bonds is 5.